The predicted molar refractivity (Wildman–Crippen MR) is 173 cm³/mol. The van der Waals surface area contributed by atoms with Gasteiger partial charge in [0, 0.05) is 36.9 Å². The number of aliphatic hydroxyl groups excluding tert-OH is 1. The highest BCUT2D eigenvalue weighted by Crippen LogP contribution is 2.39. The minimum absolute atomic E-state index is 0.128. The molecular weight excluding hydrogens is 609 g/mol. The number of hydrogen-bond donors (Lipinski definition) is 2. The van der Waals surface area contributed by atoms with Crippen molar-refractivity contribution >= 4 is 5.52 Å². The standard InChI is InChI=1S/C35H47F3N6O3/c1-40-24-44(27-10-4-2-3-5-11-27)39-32(40)17-34(22-47-23-34)26-9-8-12-28(16-26)42-21-31-30(35(36,37)38)15-25(19-43(31)33(42)46)18-41-14-7-6-13-29(45)20-41/h8-9,12,15-16,19,21,27,29,32,39,45H,2-7,10-11,13-14,17-18,20,22-24H2,1H3/t29-,32?/m1/s1. The Labute approximate surface area is 273 Å². The van der Waals surface area contributed by atoms with E-state index in [1.165, 1.54) is 55.5 Å². The number of pyridine rings is 1. The molecule has 3 saturated heterocycles. The van der Waals surface area contributed by atoms with Crippen LogP contribution in [0.15, 0.2) is 47.5 Å². The number of imidazole rings is 1. The zero-order valence-corrected chi connectivity index (χ0v) is 27.2. The summed E-state index contributed by atoms with van der Waals surface area (Å²) in [5, 5.41) is 12.6. The maximum absolute atomic E-state index is 14.4. The van der Waals surface area contributed by atoms with Crippen LogP contribution in [0, 0.1) is 0 Å². The number of ether oxygens (including phenoxy) is 1. The van der Waals surface area contributed by atoms with E-state index in [4.69, 9.17) is 4.74 Å². The van der Waals surface area contributed by atoms with Crippen LogP contribution in [0.1, 0.15) is 80.9 Å². The fourth-order valence-electron chi connectivity index (χ4n) is 8.11. The molecule has 4 fully saturated rings. The molecule has 3 aromatic rings. The van der Waals surface area contributed by atoms with E-state index in [9.17, 15) is 23.1 Å². The van der Waals surface area contributed by atoms with Gasteiger partial charge in [-0.1, -0.05) is 37.8 Å². The Morgan fingerprint density at radius 1 is 1.02 bits per heavy atom. The number of aliphatic hydroxyl groups is 1. The van der Waals surface area contributed by atoms with Gasteiger partial charge in [-0.2, -0.15) is 13.2 Å². The van der Waals surface area contributed by atoms with Crippen molar-refractivity contribution in [3.05, 3.63) is 69.9 Å². The Balaban J connectivity index is 1.17. The largest absolute Gasteiger partial charge is 0.418 e. The Morgan fingerprint density at radius 2 is 1.79 bits per heavy atom. The quantitative estimate of drug-likeness (QED) is 0.352. The average molecular weight is 657 g/mol. The Morgan fingerprint density at radius 3 is 2.51 bits per heavy atom. The molecule has 0 radical (unpaired) electrons. The first-order valence-corrected chi connectivity index (χ1v) is 17.3. The van der Waals surface area contributed by atoms with Crippen molar-refractivity contribution in [2.75, 3.05) is 40.0 Å². The van der Waals surface area contributed by atoms with Gasteiger partial charge in [0.1, 0.15) is 0 Å². The van der Waals surface area contributed by atoms with Crippen molar-refractivity contribution in [2.45, 2.75) is 101 Å². The van der Waals surface area contributed by atoms with E-state index in [2.05, 4.69) is 22.4 Å². The lowest BCUT2D eigenvalue weighted by molar-refractivity contribution is -0.136. The van der Waals surface area contributed by atoms with Crippen LogP contribution in [0.25, 0.3) is 11.2 Å². The van der Waals surface area contributed by atoms with E-state index in [-0.39, 0.29) is 23.6 Å². The average Bonchev–Trinajstić information content (AvgIpc) is 3.30. The predicted octanol–water partition coefficient (Wildman–Crippen LogP) is 4.87. The van der Waals surface area contributed by atoms with Crippen LogP contribution in [0.3, 0.4) is 0 Å². The highest BCUT2D eigenvalue weighted by Gasteiger charge is 2.45. The molecule has 12 heteroatoms. The van der Waals surface area contributed by atoms with E-state index in [0.29, 0.717) is 50.0 Å². The molecule has 1 aromatic carbocycles. The van der Waals surface area contributed by atoms with E-state index in [1.807, 2.05) is 23.1 Å². The summed E-state index contributed by atoms with van der Waals surface area (Å²) in [7, 11) is 2.14. The van der Waals surface area contributed by atoms with Gasteiger partial charge in [0.25, 0.3) is 0 Å². The van der Waals surface area contributed by atoms with Crippen LogP contribution in [-0.4, -0.2) is 87.2 Å². The highest BCUT2D eigenvalue weighted by molar-refractivity contribution is 5.58. The number of nitrogens with zero attached hydrogens (tertiary/aromatic N) is 5. The highest BCUT2D eigenvalue weighted by atomic mass is 19.4. The summed E-state index contributed by atoms with van der Waals surface area (Å²) in [5.41, 5.74) is 3.89. The van der Waals surface area contributed by atoms with Crippen LogP contribution in [0.2, 0.25) is 0 Å². The summed E-state index contributed by atoms with van der Waals surface area (Å²) in [6.07, 6.45) is 8.64. The van der Waals surface area contributed by atoms with Gasteiger partial charge in [0.05, 0.1) is 48.9 Å². The Kier molecular flexibility index (Phi) is 9.27. The molecule has 3 aliphatic heterocycles. The van der Waals surface area contributed by atoms with E-state index < -0.39 is 23.5 Å². The molecule has 256 valence electrons. The number of nitrogens with one attached hydrogen (secondary N) is 1. The zero-order valence-electron chi connectivity index (χ0n) is 27.2. The van der Waals surface area contributed by atoms with Gasteiger partial charge in [-0.05, 0) is 81.4 Å². The summed E-state index contributed by atoms with van der Waals surface area (Å²) in [6, 6.07) is 9.32. The van der Waals surface area contributed by atoms with Gasteiger partial charge >= 0.3 is 11.9 Å². The molecule has 4 aliphatic rings. The summed E-state index contributed by atoms with van der Waals surface area (Å²) < 4.78 is 51.5. The molecule has 2 atom stereocenters. The number of β-amino-alcohol motifs (C(OH)–C–C–N with tert-alkyl or cyclic N) is 1. The van der Waals surface area contributed by atoms with Crippen molar-refractivity contribution in [1.29, 1.82) is 0 Å². The van der Waals surface area contributed by atoms with Gasteiger partial charge in [0.2, 0.25) is 0 Å². The number of halogens is 3. The zero-order chi connectivity index (χ0) is 32.8. The van der Waals surface area contributed by atoms with Gasteiger partial charge in [0.15, 0.2) is 0 Å². The molecule has 47 heavy (non-hydrogen) atoms. The molecular formula is C35H47F3N6O3. The Hall–Kier alpha value is -2.74. The molecule has 0 bridgehead atoms. The molecule has 0 spiro atoms. The van der Waals surface area contributed by atoms with E-state index in [1.54, 1.807) is 6.07 Å². The van der Waals surface area contributed by atoms with Gasteiger partial charge in [-0.3, -0.25) is 18.8 Å². The third kappa shape index (κ3) is 6.78. The van der Waals surface area contributed by atoms with Crippen molar-refractivity contribution in [2.24, 2.45) is 0 Å². The molecule has 9 nitrogen and oxygen atoms in total. The summed E-state index contributed by atoms with van der Waals surface area (Å²) in [4.78, 5) is 18.1. The van der Waals surface area contributed by atoms with Crippen molar-refractivity contribution in [3.8, 4) is 5.69 Å². The van der Waals surface area contributed by atoms with E-state index in [0.717, 1.165) is 42.0 Å². The fourth-order valence-corrected chi connectivity index (χ4v) is 8.11. The lowest BCUT2D eigenvalue weighted by Crippen LogP contribution is -2.53. The molecule has 1 aliphatic carbocycles. The smallest absolute Gasteiger partial charge is 0.392 e. The molecule has 2 N–H and O–H groups in total. The number of hydrogen-bond acceptors (Lipinski definition) is 7. The first-order valence-electron chi connectivity index (χ1n) is 17.3. The van der Waals surface area contributed by atoms with Gasteiger partial charge in [-0.15, -0.1) is 0 Å². The van der Waals surface area contributed by atoms with Crippen molar-refractivity contribution < 1.29 is 23.0 Å². The molecule has 2 aromatic heterocycles. The molecule has 1 unspecified atom stereocenters. The van der Waals surface area contributed by atoms with Crippen molar-refractivity contribution in [1.82, 2.24) is 29.2 Å². The minimum atomic E-state index is -4.64. The van der Waals surface area contributed by atoms with Crippen LogP contribution >= 0.6 is 0 Å². The van der Waals surface area contributed by atoms with Crippen LogP contribution in [0.5, 0.6) is 0 Å². The maximum atomic E-state index is 14.4. The van der Waals surface area contributed by atoms with Gasteiger partial charge in [-0.25, -0.2) is 15.2 Å². The third-order valence-corrected chi connectivity index (χ3v) is 10.8. The lowest BCUT2D eigenvalue weighted by Gasteiger charge is -2.44. The number of alkyl halides is 3. The normalized spacial score (nSPS) is 25.6. The number of rotatable bonds is 7. The number of hydrazine groups is 1. The first-order chi connectivity index (χ1) is 22.6. The lowest BCUT2D eigenvalue weighted by atomic mass is 9.74. The summed E-state index contributed by atoms with van der Waals surface area (Å²) >= 11 is 0. The Bertz CT molecular complexity index is 1610. The molecule has 7 rings (SSSR count). The van der Waals surface area contributed by atoms with Crippen LogP contribution in [-0.2, 0) is 22.9 Å². The van der Waals surface area contributed by atoms with Crippen LogP contribution in [0.4, 0.5) is 13.2 Å². The van der Waals surface area contributed by atoms with Gasteiger partial charge < -0.3 is 9.84 Å². The first kappa shape index (κ1) is 32.8. The number of fused-ring (bicyclic) bond motifs is 1. The maximum Gasteiger partial charge on any atom is 0.418 e. The number of likely N-dealkylation sites (tertiary alicyclic amines) is 1. The number of aromatic nitrogens is 2. The monoisotopic (exact) mass is 656 g/mol. The topological polar surface area (TPSA) is 77.6 Å². The SMILES string of the molecule is CN1CN(C2CCCCCC2)NC1CC1(c2cccc(-n3cc4c(C(F)(F)F)cc(CN5CCCC[C@@H](O)C5)cn4c3=O)c2)COC1. The third-order valence-electron chi connectivity index (χ3n) is 10.8. The minimum Gasteiger partial charge on any atom is -0.392 e. The molecule has 0 amide bonds. The summed E-state index contributed by atoms with van der Waals surface area (Å²) in [6.45, 7) is 3.28. The van der Waals surface area contributed by atoms with Crippen LogP contribution < -0.4 is 11.1 Å². The molecule has 5 heterocycles. The van der Waals surface area contributed by atoms with Crippen molar-refractivity contribution in [3.63, 3.8) is 0 Å². The number of benzene rings is 1. The molecule has 1 saturated carbocycles. The summed E-state index contributed by atoms with van der Waals surface area (Å²) in [5.74, 6) is 0. The second-order valence-corrected chi connectivity index (χ2v) is 14.4. The second-order valence-electron chi connectivity index (χ2n) is 14.4. The second kappa shape index (κ2) is 13.3. The fraction of sp³-hybridized carbons (Fsp3) is 0.629. The van der Waals surface area contributed by atoms with E-state index >= 15 is 0 Å².